The van der Waals surface area contributed by atoms with Crippen molar-refractivity contribution >= 4 is 5.95 Å². The highest BCUT2D eigenvalue weighted by Gasteiger charge is 2.22. The summed E-state index contributed by atoms with van der Waals surface area (Å²) in [4.78, 5) is 19.5. The average molecular weight is 383 g/mol. The minimum Gasteiger partial charge on any atom is -0.350 e. The molecule has 0 bridgehead atoms. The first-order valence-electron chi connectivity index (χ1n) is 9.45. The van der Waals surface area contributed by atoms with Crippen LogP contribution >= 0.6 is 0 Å². The molecular weight excluding hydrogens is 361 g/mol. The summed E-state index contributed by atoms with van der Waals surface area (Å²) >= 11 is 0. The van der Waals surface area contributed by atoms with Crippen LogP contribution < -0.4 is 5.32 Å². The Bertz CT molecular complexity index is 932. The van der Waals surface area contributed by atoms with Crippen LogP contribution in [0.2, 0.25) is 0 Å². The molecule has 146 valence electrons. The molecule has 1 N–H and O–H groups in total. The summed E-state index contributed by atoms with van der Waals surface area (Å²) in [7, 11) is 0. The zero-order valence-corrected chi connectivity index (χ0v) is 15.7. The first-order valence-corrected chi connectivity index (χ1v) is 9.45. The van der Waals surface area contributed by atoms with Crippen molar-refractivity contribution in [1.82, 2.24) is 30.0 Å². The Morgan fingerprint density at radius 1 is 1.29 bits per heavy atom. The average Bonchev–Trinajstić information content (AvgIpc) is 3.16. The van der Waals surface area contributed by atoms with E-state index in [-0.39, 0.29) is 11.9 Å². The van der Waals surface area contributed by atoms with Crippen LogP contribution in [0.1, 0.15) is 31.5 Å². The van der Waals surface area contributed by atoms with Crippen molar-refractivity contribution in [3.05, 3.63) is 48.1 Å². The number of piperidine rings is 1. The Kier molecular flexibility index (Phi) is 5.52. The molecule has 1 aliphatic rings. The summed E-state index contributed by atoms with van der Waals surface area (Å²) in [6, 6.07) is 6.43. The summed E-state index contributed by atoms with van der Waals surface area (Å²) in [6.45, 7) is 4.47. The van der Waals surface area contributed by atoms with Gasteiger partial charge < -0.3 is 9.84 Å². The van der Waals surface area contributed by atoms with Gasteiger partial charge in [0.25, 0.3) is 0 Å². The van der Waals surface area contributed by atoms with Crippen LogP contribution in [0.4, 0.5) is 10.3 Å². The fraction of sp³-hybridized carbons (Fsp3) is 0.421. The van der Waals surface area contributed by atoms with Gasteiger partial charge in [0.2, 0.25) is 11.8 Å². The first-order chi connectivity index (χ1) is 13.7. The Morgan fingerprint density at radius 2 is 2.21 bits per heavy atom. The predicted octanol–water partition coefficient (Wildman–Crippen LogP) is 2.70. The topological polar surface area (TPSA) is 92.9 Å². The Morgan fingerprint density at radius 3 is 3.04 bits per heavy atom. The molecule has 4 rings (SSSR count). The highest BCUT2D eigenvalue weighted by molar-refractivity contribution is 5.55. The van der Waals surface area contributed by atoms with Gasteiger partial charge in [-0.1, -0.05) is 24.2 Å². The van der Waals surface area contributed by atoms with Crippen LogP contribution in [0.5, 0.6) is 0 Å². The van der Waals surface area contributed by atoms with Gasteiger partial charge in [-0.15, -0.1) is 0 Å². The number of nitrogens with one attached hydrogen (secondary N) is 1. The van der Waals surface area contributed by atoms with Crippen molar-refractivity contribution in [2.45, 2.75) is 38.8 Å². The molecule has 0 spiro atoms. The first kappa shape index (κ1) is 18.4. The van der Waals surface area contributed by atoms with Crippen LogP contribution in [0.3, 0.4) is 0 Å². The second kappa shape index (κ2) is 8.39. The molecule has 2 aromatic heterocycles. The van der Waals surface area contributed by atoms with E-state index in [1.807, 2.05) is 6.92 Å². The van der Waals surface area contributed by atoms with Crippen LogP contribution in [0.25, 0.3) is 11.4 Å². The molecule has 0 amide bonds. The molecule has 0 radical (unpaired) electrons. The summed E-state index contributed by atoms with van der Waals surface area (Å²) in [5.41, 5.74) is 0.625. The lowest BCUT2D eigenvalue weighted by atomic mass is 10.1. The van der Waals surface area contributed by atoms with Crippen LogP contribution in [-0.4, -0.2) is 49.1 Å². The number of anilines is 1. The molecule has 1 saturated heterocycles. The molecule has 1 aliphatic heterocycles. The van der Waals surface area contributed by atoms with Crippen molar-refractivity contribution in [2.75, 3.05) is 18.4 Å². The smallest absolute Gasteiger partial charge is 0.226 e. The molecule has 0 saturated carbocycles. The lowest BCUT2D eigenvalue weighted by Gasteiger charge is -2.32. The fourth-order valence-corrected chi connectivity index (χ4v) is 3.33. The highest BCUT2D eigenvalue weighted by Crippen LogP contribution is 2.19. The second-order valence-electron chi connectivity index (χ2n) is 6.82. The van der Waals surface area contributed by atoms with Crippen LogP contribution in [0, 0.1) is 5.82 Å². The van der Waals surface area contributed by atoms with E-state index < -0.39 is 0 Å². The van der Waals surface area contributed by atoms with Gasteiger partial charge in [0.15, 0.2) is 11.6 Å². The molecule has 0 aliphatic carbocycles. The van der Waals surface area contributed by atoms with Gasteiger partial charge >= 0.3 is 0 Å². The normalized spacial score (nSPS) is 17.6. The number of rotatable bonds is 6. The van der Waals surface area contributed by atoms with E-state index in [4.69, 9.17) is 4.52 Å². The minimum absolute atomic E-state index is 0.203. The monoisotopic (exact) mass is 383 g/mol. The van der Waals surface area contributed by atoms with E-state index in [2.05, 4.69) is 35.3 Å². The third kappa shape index (κ3) is 4.48. The highest BCUT2D eigenvalue weighted by atomic mass is 19.1. The molecule has 3 aromatic rings. The Hall–Kier alpha value is -2.94. The van der Waals surface area contributed by atoms with Gasteiger partial charge in [0.05, 0.1) is 6.54 Å². The predicted molar refractivity (Wildman–Crippen MR) is 101 cm³/mol. The number of halogens is 1. The van der Waals surface area contributed by atoms with E-state index in [0.29, 0.717) is 35.6 Å². The van der Waals surface area contributed by atoms with Crippen molar-refractivity contribution in [2.24, 2.45) is 0 Å². The number of nitrogens with zero attached hydrogens (tertiary/aromatic N) is 6. The third-order valence-corrected chi connectivity index (χ3v) is 4.67. The molecule has 1 unspecified atom stereocenters. The lowest BCUT2D eigenvalue weighted by Crippen LogP contribution is -2.42. The molecule has 1 fully saturated rings. The zero-order valence-electron chi connectivity index (χ0n) is 15.7. The van der Waals surface area contributed by atoms with E-state index >= 15 is 0 Å². The quantitative estimate of drug-likeness (QED) is 0.695. The van der Waals surface area contributed by atoms with Crippen molar-refractivity contribution in [1.29, 1.82) is 0 Å². The van der Waals surface area contributed by atoms with Gasteiger partial charge in [0, 0.05) is 24.6 Å². The SMILES string of the molecule is CCc1nc(CN2CCCC(Nc3ncnc(-c4cccc(F)c4)n3)C2)no1. The molecular formula is C19H22FN7O. The number of aryl methyl sites for hydroxylation is 1. The van der Waals surface area contributed by atoms with Gasteiger partial charge in [-0.3, -0.25) is 4.90 Å². The van der Waals surface area contributed by atoms with E-state index in [1.165, 1.54) is 18.5 Å². The molecule has 1 aromatic carbocycles. The summed E-state index contributed by atoms with van der Waals surface area (Å²) in [6.07, 6.45) is 4.26. The van der Waals surface area contributed by atoms with Gasteiger partial charge in [-0.05, 0) is 31.5 Å². The lowest BCUT2D eigenvalue weighted by molar-refractivity contribution is 0.201. The largest absolute Gasteiger partial charge is 0.350 e. The van der Waals surface area contributed by atoms with Crippen molar-refractivity contribution in [3.63, 3.8) is 0 Å². The minimum atomic E-state index is -0.317. The van der Waals surface area contributed by atoms with Gasteiger partial charge in [-0.2, -0.15) is 9.97 Å². The second-order valence-corrected chi connectivity index (χ2v) is 6.82. The van der Waals surface area contributed by atoms with Crippen molar-refractivity contribution in [3.8, 4) is 11.4 Å². The van der Waals surface area contributed by atoms with E-state index in [9.17, 15) is 4.39 Å². The number of benzene rings is 1. The number of likely N-dealkylation sites (tertiary alicyclic amines) is 1. The molecule has 3 heterocycles. The van der Waals surface area contributed by atoms with Crippen LogP contribution in [0.15, 0.2) is 35.1 Å². The fourth-order valence-electron chi connectivity index (χ4n) is 3.33. The summed E-state index contributed by atoms with van der Waals surface area (Å²) in [5.74, 6) is 2.00. The number of hydrogen-bond acceptors (Lipinski definition) is 8. The third-order valence-electron chi connectivity index (χ3n) is 4.67. The van der Waals surface area contributed by atoms with E-state index in [0.717, 1.165) is 32.4 Å². The number of hydrogen-bond donors (Lipinski definition) is 1. The maximum Gasteiger partial charge on any atom is 0.226 e. The number of aromatic nitrogens is 5. The Balaban J connectivity index is 1.40. The summed E-state index contributed by atoms with van der Waals surface area (Å²) < 4.78 is 18.6. The maximum atomic E-state index is 13.5. The maximum absolute atomic E-state index is 13.5. The standard InChI is InChI=1S/C19H22FN7O/c1-2-17-24-16(26-28-17)11-27-8-4-7-15(10-27)23-19-22-12-21-18(25-19)13-5-3-6-14(20)9-13/h3,5-6,9,12,15H,2,4,7-8,10-11H2,1H3,(H,21,22,23,25). The van der Waals surface area contributed by atoms with Gasteiger partial charge in [0.1, 0.15) is 12.1 Å². The molecule has 1 atom stereocenters. The van der Waals surface area contributed by atoms with Crippen molar-refractivity contribution < 1.29 is 8.91 Å². The molecule has 28 heavy (non-hydrogen) atoms. The summed E-state index contributed by atoms with van der Waals surface area (Å²) in [5, 5.41) is 7.41. The molecule has 9 heteroatoms. The molecule has 8 nitrogen and oxygen atoms in total. The Labute approximate surface area is 162 Å². The van der Waals surface area contributed by atoms with E-state index in [1.54, 1.807) is 12.1 Å². The zero-order chi connectivity index (χ0) is 19.3. The van der Waals surface area contributed by atoms with Gasteiger partial charge in [-0.25, -0.2) is 14.4 Å². The van der Waals surface area contributed by atoms with Crippen LogP contribution in [-0.2, 0) is 13.0 Å².